The van der Waals surface area contributed by atoms with Gasteiger partial charge in [-0.2, -0.15) is 13.2 Å². The second-order valence-corrected chi connectivity index (χ2v) is 9.77. The largest absolute Gasteiger partial charge is 0.437 e. The van der Waals surface area contributed by atoms with Crippen LogP contribution in [0.1, 0.15) is 37.8 Å². The minimum absolute atomic E-state index is 0.0192. The average molecular weight is 528 g/mol. The second-order valence-electron chi connectivity index (χ2n) is 9.77. The van der Waals surface area contributed by atoms with E-state index in [2.05, 4.69) is 14.9 Å². The molecule has 202 valence electrons. The summed E-state index contributed by atoms with van der Waals surface area (Å²) < 4.78 is 72.5. The van der Waals surface area contributed by atoms with E-state index in [1.807, 2.05) is 30.3 Å². The minimum Gasteiger partial charge on any atom is -0.437 e. The van der Waals surface area contributed by atoms with Crippen LogP contribution in [0, 0.1) is 0 Å². The lowest BCUT2D eigenvalue weighted by molar-refractivity contribution is -0.140. The van der Waals surface area contributed by atoms with Gasteiger partial charge in [-0.05, 0) is 19.4 Å². The summed E-state index contributed by atoms with van der Waals surface area (Å²) in [5, 5.41) is 0. The number of hydrogen-bond acceptors (Lipinski definition) is 6. The third kappa shape index (κ3) is 6.11. The molecule has 2 fully saturated rings. The first-order chi connectivity index (χ1) is 17.5. The van der Waals surface area contributed by atoms with Crippen LogP contribution in [0.15, 0.2) is 42.7 Å². The molecule has 0 spiro atoms. The number of anilines is 1. The smallest absolute Gasteiger partial charge is 0.419 e. The molecule has 2 saturated heterocycles. The monoisotopic (exact) mass is 527 g/mol. The van der Waals surface area contributed by atoms with E-state index in [0.717, 1.165) is 18.0 Å². The van der Waals surface area contributed by atoms with Gasteiger partial charge < -0.3 is 9.64 Å². The Morgan fingerprint density at radius 3 is 2.14 bits per heavy atom. The van der Waals surface area contributed by atoms with Gasteiger partial charge in [0.15, 0.2) is 5.60 Å². The van der Waals surface area contributed by atoms with Crippen LogP contribution in [0.3, 0.4) is 0 Å². The molecule has 37 heavy (non-hydrogen) atoms. The molecule has 2 aromatic rings. The number of amides is 1. The molecule has 2 atom stereocenters. The van der Waals surface area contributed by atoms with Crippen LogP contribution in [0.2, 0.25) is 0 Å². The van der Waals surface area contributed by atoms with Crippen molar-refractivity contribution >= 4 is 12.0 Å². The zero-order chi connectivity index (χ0) is 26.8. The topological polar surface area (TPSA) is 61.8 Å². The lowest BCUT2D eigenvalue weighted by Crippen LogP contribution is -2.61. The molecule has 12 heteroatoms. The fourth-order valence-electron chi connectivity index (χ4n) is 5.00. The average Bonchev–Trinajstić information content (AvgIpc) is 2.85. The van der Waals surface area contributed by atoms with E-state index in [-0.39, 0.29) is 31.9 Å². The van der Waals surface area contributed by atoms with Gasteiger partial charge >= 0.3 is 12.3 Å². The molecular formula is C25H30F5N5O2. The zero-order valence-corrected chi connectivity index (χ0v) is 20.7. The number of ether oxygens (including phenoxy) is 1. The van der Waals surface area contributed by atoms with Crippen LogP contribution < -0.4 is 4.90 Å². The van der Waals surface area contributed by atoms with E-state index >= 15 is 0 Å². The number of benzene rings is 1. The van der Waals surface area contributed by atoms with Crippen molar-refractivity contribution in [3.8, 4) is 0 Å². The summed E-state index contributed by atoms with van der Waals surface area (Å²) in [6, 6.07) is 8.80. The van der Waals surface area contributed by atoms with Crippen molar-refractivity contribution in [2.75, 3.05) is 31.1 Å². The van der Waals surface area contributed by atoms with Crippen LogP contribution in [0.4, 0.5) is 32.7 Å². The molecule has 0 N–H and O–H groups in total. The Labute approximate surface area is 212 Å². The first-order valence-electron chi connectivity index (χ1n) is 12.2. The third-order valence-electron chi connectivity index (χ3n) is 7.02. The number of likely N-dealkylation sites (tertiary alicyclic amines) is 1. The molecule has 4 rings (SSSR count). The molecule has 1 amide bonds. The summed E-state index contributed by atoms with van der Waals surface area (Å²) in [7, 11) is 0. The van der Waals surface area contributed by atoms with Gasteiger partial charge in [-0.3, -0.25) is 9.80 Å². The number of carbonyl (C=O) groups is 1. The highest BCUT2D eigenvalue weighted by Gasteiger charge is 2.48. The number of aromatic nitrogens is 2. The molecule has 0 bridgehead atoms. The molecule has 0 radical (unpaired) electrons. The SMILES string of the molecule is C[C@@H]1CN(c2ncc(C(F)(F)F)cn2)C[C@@H](C)N1C(=O)OC1(C(F)F)CCN(Cc2ccccc2)CC1. The zero-order valence-electron chi connectivity index (χ0n) is 20.7. The van der Waals surface area contributed by atoms with Gasteiger partial charge in [0, 0.05) is 58.0 Å². The van der Waals surface area contributed by atoms with Gasteiger partial charge in [0.25, 0.3) is 6.43 Å². The predicted molar refractivity (Wildman–Crippen MR) is 126 cm³/mol. The van der Waals surface area contributed by atoms with Crippen LogP contribution in [0.25, 0.3) is 0 Å². The number of carbonyl (C=O) groups excluding carboxylic acids is 1. The summed E-state index contributed by atoms with van der Waals surface area (Å²) >= 11 is 0. The van der Waals surface area contributed by atoms with Gasteiger partial charge in [0.05, 0.1) is 17.6 Å². The van der Waals surface area contributed by atoms with Gasteiger partial charge in [0.1, 0.15) is 0 Å². The number of piperazine rings is 1. The Bertz CT molecular complexity index is 1030. The minimum atomic E-state index is -4.54. The van der Waals surface area contributed by atoms with Crippen molar-refractivity contribution in [2.24, 2.45) is 0 Å². The second kappa shape index (κ2) is 10.8. The molecule has 0 unspecified atom stereocenters. The molecule has 0 saturated carbocycles. The highest BCUT2D eigenvalue weighted by Crippen LogP contribution is 2.35. The molecule has 7 nitrogen and oxygen atoms in total. The molecule has 1 aromatic heterocycles. The number of hydrogen-bond donors (Lipinski definition) is 0. The molecular weight excluding hydrogens is 497 g/mol. The Morgan fingerprint density at radius 2 is 1.62 bits per heavy atom. The Kier molecular flexibility index (Phi) is 7.86. The lowest BCUT2D eigenvalue weighted by atomic mass is 9.91. The van der Waals surface area contributed by atoms with E-state index in [9.17, 15) is 26.7 Å². The standard InChI is InChI=1S/C25H30F5N5O2/c1-17-14-34(22-31-12-20(13-32-22)25(28,29)30)15-18(2)35(17)23(36)37-24(21(26)27)8-10-33(11-9-24)16-19-6-4-3-5-7-19/h3-7,12-13,17-18,21H,8-11,14-16H2,1-2H3/t17-,18-/m1/s1. The normalized spacial score (nSPS) is 22.8. The van der Waals surface area contributed by atoms with Gasteiger partial charge in [-0.25, -0.2) is 23.5 Å². The van der Waals surface area contributed by atoms with Crippen molar-refractivity contribution in [1.29, 1.82) is 0 Å². The summed E-state index contributed by atoms with van der Waals surface area (Å²) in [4.78, 5) is 26.0. The number of alkyl halides is 5. The number of nitrogens with zero attached hydrogens (tertiary/aromatic N) is 5. The quantitative estimate of drug-likeness (QED) is 0.520. The fraction of sp³-hybridized carbons (Fsp3) is 0.560. The van der Waals surface area contributed by atoms with Crippen LogP contribution >= 0.6 is 0 Å². The first-order valence-corrected chi connectivity index (χ1v) is 12.2. The summed E-state index contributed by atoms with van der Waals surface area (Å²) in [6.07, 6.45) is -6.71. The molecule has 2 aliphatic heterocycles. The number of piperidine rings is 1. The summed E-state index contributed by atoms with van der Waals surface area (Å²) in [5.41, 5.74) is -1.73. The van der Waals surface area contributed by atoms with Crippen molar-refractivity contribution < 1.29 is 31.5 Å². The predicted octanol–water partition coefficient (Wildman–Crippen LogP) is 4.83. The maximum atomic E-state index is 14.2. The van der Waals surface area contributed by atoms with Gasteiger partial charge in [-0.15, -0.1) is 0 Å². The van der Waals surface area contributed by atoms with Crippen molar-refractivity contribution in [3.05, 3.63) is 53.9 Å². The van der Waals surface area contributed by atoms with Crippen LogP contribution in [0.5, 0.6) is 0 Å². The van der Waals surface area contributed by atoms with E-state index in [4.69, 9.17) is 4.74 Å². The summed E-state index contributed by atoms with van der Waals surface area (Å²) in [6.45, 7) is 5.27. The lowest BCUT2D eigenvalue weighted by Gasteiger charge is -2.46. The number of rotatable bonds is 5. The summed E-state index contributed by atoms with van der Waals surface area (Å²) in [5.74, 6) is 0.106. The van der Waals surface area contributed by atoms with Gasteiger partial charge in [-0.1, -0.05) is 30.3 Å². The van der Waals surface area contributed by atoms with Crippen molar-refractivity contribution in [3.63, 3.8) is 0 Å². The Balaban J connectivity index is 1.38. The fourth-order valence-corrected chi connectivity index (χ4v) is 5.00. The van der Waals surface area contributed by atoms with Crippen molar-refractivity contribution in [2.45, 2.75) is 63.5 Å². The Morgan fingerprint density at radius 1 is 1.05 bits per heavy atom. The maximum Gasteiger partial charge on any atom is 0.419 e. The Hall–Kier alpha value is -3.02. The number of halogens is 5. The molecule has 2 aliphatic rings. The van der Waals surface area contributed by atoms with E-state index in [1.54, 1.807) is 18.7 Å². The van der Waals surface area contributed by atoms with Crippen molar-refractivity contribution in [1.82, 2.24) is 19.8 Å². The van der Waals surface area contributed by atoms with E-state index in [1.165, 1.54) is 4.90 Å². The molecule has 0 aliphatic carbocycles. The highest BCUT2D eigenvalue weighted by molar-refractivity contribution is 5.69. The third-order valence-corrected chi connectivity index (χ3v) is 7.02. The first kappa shape index (κ1) is 27.0. The highest BCUT2D eigenvalue weighted by atomic mass is 19.4. The van der Waals surface area contributed by atoms with Crippen LogP contribution in [-0.4, -0.2) is 76.2 Å². The maximum absolute atomic E-state index is 14.2. The van der Waals surface area contributed by atoms with Gasteiger partial charge in [0.2, 0.25) is 5.95 Å². The van der Waals surface area contributed by atoms with Crippen LogP contribution in [-0.2, 0) is 17.5 Å². The molecule has 3 heterocycles. The molecule has 1 aromatic carbocycles. The van der Waals surface area contributed by atoms with E-state index < -0.39 is 41.9 Å². The van der Waals surface area contributed by atoms with E-state index in [0.29, 0.717) is 19.6 Å².